The number of rotatable bonds is 6. The van der Waals surface area contributed by atoms with E-state index < -0.39 is 6.10 Å². The van der Waals surface area contributed by atoms with Gasteiger partial charge in [0.05, 0.1) is 18.2 Å². The third kappa shape index (κ3) is 4.18. The second-order valence-corrected chi connectivity index (χ2v) is 6.40. The number of aliphatic hydroxyl groups is 1. The van der Waals surface area contributed by atoms with Gasteiger partial charge in [-0.15, -0.1) is 0 Å². The van der Waals surface area contributed by atoms with Crippen LogP contribution in [0.1, 0.15) is 28.6 Å². The van der Waals surface area contributed by atoms with E-state index in [1.54, 1.807) is 0 Å². The quantitative estimate of drug-likeness (QED) is 0.640. The lowest BCUT2D eigenvalue weighted by Crippen LogP contribution is -2.29. The van der Waals surface area contributed by atoms with Crippen LogP contribution in [0, 0.1) is 13.8 Å². The Kier molecular flexibility index (Phi) is 5.49. The highest BCUT2D eigenvalue weighted by Gasteiger charge is 2.13. The Hall–Kier alpha value is -2.92. The van der Waals surface area contributed by atoms with Gasteiger partial charge in [0.2, 0.25) is 5.91 Å². The Labute approximate surface area is 153 Å². The molecule has 1 aromatic heterocycles. The molecule has 1 amide bonds. The van der Waals surface area contributed by atoms with Crippen molar-refractivity contribution in [3.05, 3.63) is 77.1 Å². The third-order valence-electron chi connectivity index (χ3n) is 4.51. The Bertz CT molecular complexity index is 851. The lowest BCUT2D eigenvalue weighted by atomic mass is 10.0. The lowest BCUT2D eigenvalue weighted by Gasteiger charge is -2.13. The smallest absolute Gasteiger partial charge is 0.224 e. The van der Waals surface area contributed by atoms with Crippen LogP contribution in [-0.2, 0) is 11.2 Å². The van der Waals surface area contributed by atoms with Gasteiger partial charge in [0, 0.05) is 17.8 Å². The normalized spacial score (nSPS) is 12.0. The molecule has 3 rings (SSSR count). The summed E-state index contributed by atoms with van der Waals surface area (Å²) in [7, 11) is 0. The molecule has 0 bridgehead atoms. The first-order chi connectivity index (χ1) is 12.5. The molecule has 0 saturated heterocycles. The van der Waals surface area contributed by atoms with Crippen molar-refractivity contribution in [2.45, 2.75) is 26.4 Å². The molecular formula is C21H23N3O2. The van der Waals surface area contributed by atoms with Crippen molar-refractivity contribution in [2.75, 3.05) is 6.54 Å². The van der Waals surface area contributed by atoms with Crippen molar-refractivity contribution in [1.82, 2.24) is 15.5 Å². The van der Waals surface area contributed by atoms with Crippen LogP contribution >= 0.6 is 0 Å². The van der Waals surface area contributed by atoms with E-state index >= 15 is 0 Å². The van der Waals surface area contributed by atoms with Crippen LogP contribution < -0.4 is 5.32 Å². The van der Waals surface area contributed by atoms with E-state index in [9.17, 15) is 9.90 Å². The number of aliphatic hydroxyl groups excluding tert-OH is 1. The van der Waals surface area contributed by atoms with E-state index in [0.717, 1.165) is 33.6 Å². The first-order valence-corrected chi connectivity index (χ1v) is 8.65. The molecule has 3 N–H and O–H groups in total. The van der Waals surface area contributed by atoms with Crippen molar-refractivity contribution in [3.8, 4) is 11.1 Å². The summed E-state index contributed by atoms with van der Waals surface area (Å²) in [6.07, 6.45) is -0.483. The predicted molar refractivity (Wildman–Crippen MR) is 102 cm³/mol. The van der Waals surface area contributed by atoms with Gasteiger partial charge in [0.15, 0.2) is 0 Å². The summed E-state index contributed by atoms with van der Waals surface area (Å²) in [6, 6.07) is 17.8. The molecule has 0 unspecified atom stereocenters. The maximum absolute atomic E-state index is 12.1. The minimum Gasteiger partial charge on any atom is -0.387 e. The Balaban J connectivity index is 1.56. The Morgan fingerprint density at radius 2 is 1.73 bits per heavy atom. The number of benzene rings is 2. The number of hydrogen-bond donors (Lipinski definition) is 3. The average Bonchev–Trinajstić information content (AvgIpc) is 2.99. The number of nitrogens with one attached hydrogen (secondary N) is 2. The molecule has 134 valence electrons. The predicted octanol–water partition coefficient (Wildman–Crippen LogP) is 3.09. The van der Waals surface area contributed by atoms with Gasteiger partial charge in [-0.1, -0.05) is 54.6 Å². The van der Waals surface area contributed by atoms with E-state index in [-0.39, 0.29) is 18.9 Å². The Morgan fingerprint density at radius 1 is 1.08 bits per heavy atom. The molecule has 3 aromatic rings. The fourth-order valence-electron chi connectivity index (χ4n) is 2.91. The molecule has 0 spiro atoms. The van der Waals surface area contributed by atoms with Crippen molar-refractivity contribution >= 4 is 5.91 Å². The molecule has 1 atom stereocenters. The second kappa shape index (κ2) is 7.97. The summed E-state index contributed by atoms with van der Waals surface area (Å²) < 4.78 is 0. The summed E-state index contributed by atoms with van der Waals surface area (Å²) in [6.45, 7) is 3.94. The van der Waals surface area contributed by atoms with E-state index in [0.29, 0.717) is 0 Å². The van der Waals surface area contributed by atoms with E-state index in [1.165, 1.54) is 0 Å². The number of aryl methyl sites for hydroxylation is 2. The minimum atomic E-state index is -0.740. The molecule has 0 radical (unpaired) electrons. The summed E-state index contributed by atoms with van der Waals surface area (Å²) in [5.74, 6) is -0.127. The zero-order valence-corrected chi connectivity index (χ0v) is 15.0. The zero-order valence-electron chi connectivity index (χ0n) is 15.0. The number of aromatic nitrogens is 2. The minimum absolute atomic E-state index is 0.127. The van der Waals surface area contributed by atoms with E-state index in [4.69, 9.17) is 0 Å². The number of aromatic amines is 1. The van der Waals surface area contributed by atoms with Crippen molar-refractivity contribution in [1.29, 1.82) is 0 Å². The fraction of sp³-hybridized carbons (Fsp3) is 0.238. The molecule has 2 aromatic carbocycles. The van der Waals surface area contributed by atoms with Crippen molar-refractivity contribution in [3.63, 3.8) is 0 Å². The van der Waals surface area contributed by atoms with Gasteiger partial charge in [-0.2, -0.15) is 5.10 Å². The molecule has 5 heteroatoms. The maximum Gasteiger partial charge on any atom is 0.224 e. The summed E-state index contributed by atoms with van der Waals surface area (Å²) in [5, 5.41) is 20.1. The number of carbonyl (C=O) groups is 1. The highest BCUT2D eigenvalue weighted by molar-refractivity contribution is 5.79. The SMILES string of the molecule is Cc1n[nH]c(C)c1CC(=O)NC[C@H](O)c1ccc(-c2ccccc2)cc1. The van der Waals surface area contributed by atoms with Crippen LogP contribution in [0.3, 0.4) is 0 Å². The lowest BCUT2D eigenvalue weighted by molar-refractivity contribution is -0.120. The maximum atomic E-state index is 12.1. The third-order valence-corrected chi connectivity index (χ3v) is 4.51. The van der Waals surface area contributed by atoms with Gasteiger partial charge in [-0.3, -0.25) is 9.89 Å². The molecule has 0 aliphatic rings. The topological polar surface area (TPSA) is 78.0 Å². The number of carbonyl (C=O) groups excluding carboxylic acids is 1. The highest BCUT2D eigenvalue weighted by Crippen LogP contribution is 2.21. The Morgan fingerprint density at radius 3 is 2.35 bits per heavy atom. The van der Waals surface area contributed by atoms with Crippen LogP contribution in [0.15, 0.2) is 54.6 Å². The summed E-state index contributed by atoms with van der Waals surface area (Å²) >= 11 is 0. The van der Waals surface area contributed by atoms with Crippen LogP contribution in [-0.4, -0.2) is 27.8 Å². The van der Waals surface area contributed by atoms with Crippen LogP contribution in [0.5, 0.6) is 0 Å². The van der Waals surface area contributed by atoms with E-state index in [1.807, 2.05) is 68.4 Å². The van der Waals surface area contributed by atoms with Gasteiger partial charge in [0.1, 0.15) is 0 Å². The van der Waals surface area contributed by atoms with Gasteiger partial charge in [0.25, 0.3) is 0 Å². The average molecular weight is 349 g/mol. The molecule has 26 heavy (non-hydrogen) atoms. The zero-order chi connectivity index (χ0) is 18.5. The monoisotopic (exact) mass is 349 g/mol. The molecule has 5 nitrogen and oxygen atoms in total. The number of nitrogens with zero attached hydrogens (tertiary/aromatic N) is 1. The number of amides is 1. The standard InChI is InChI=1S/C21H23N3O2/c1-14-19(15(2)24-23-14)12-21(26)22-13-20(25)18-10-8-17(9-11-18)16-6-4-3-5-7-16/h3-11,20,25H,12-13H2,1-2H3,(H,22,26)(H,23,24)/t20-/m0/s1. The molecule has 1 heterocycles. The largest absolute Gasteiger partial charge is 0.387 e. The van der Waals surface area contributed by atoms with Crippen molar-refractivity contribution < 1.29 is 9.90 Å². The summed E-state index contributed by atoms with van der Waals surface area (Å²) in [4.78, 5) is 12.1. The highest BCUT2D eigenvalue weighted by atomic mass is 16.3. The second-order valence-electron chi connectivity index (χ2n) is 6.40. The number of hydrogen-bond acceptors (Lipinski definition) is 3. The molecule has 0 saturated carbocycles. The molecular weight excluding hydrogens is 326 g/mol. The van der Waals surface area contributed by atoms with Gasteiger partial charge in [-0.05, 0) is 30.5 Å². The van der Waals surface area contributed by atoms with Crippen LogP contribution in [0.25, 0.3) is 11.1 Å². The molecule has 0 aliphatic heterocycles. The van der Waals surface area contributed by atoms with Crippen LogP contribution in [0.2, 0.25) is 0 Å². The van der Waals surface area contributed by atoms with Crippen molar-refractivity contribution in [2.24, 2.45) is 0 Å². The van der Waals surface area contributed by atoms with E-state index in [2.05, 4.69) is 15.5 Å². The first-order valence-electron chi connectivity index (χ1n) is 8.65. The van der Waals surface area contributed by atoms with Crippen LogP contribution in [0.4, 0.5) is 0 Å². The van der Waals surface area contributed by atoms with Gasteiger partial charge >= 0.3 is 0 Å². The van der Waals surface area contributed by atoms with Gasteiger partial charge in [-0.25, -0.2) is 0 Å². The number of H-pyrrole nitrogens is 1. The summed E-state index contributed by atoms with van der Waals surface area (Å²) in [5.41, 5.74) is 5.64. The first kappa shape index (κ1) is 17.9. The molecule has 0 aliphatic carbocycles. The molecule has 0 fully saturated rings. The fourth-order valence-corrected chi connectivity index (χ4v) is 2.91. The van der Waals surface area contributed by atoms with Gasteiger partial charge < -0.3 is 10.4 Å².